The zero-order valence-corrected chi connectivity index (χ0v) is 8.27. The second-order valence-electron chi connectivity index (χ2n) is 3.95. The largest absolute Gasteiger partial charge is 0.492 e. The monoisotopic (exact) mass is 204 g/mol. The minimum absolute atomic E-state index is 0.399. The Morgan fingerprint density at radius 2 is 2.33 bits per heavy atom. The first kappa shape index (κ1) is 8.59. The van der Waals surface area contributed by atoms with Crippen molar-refractivity contribution in [3.8, 4) is 5.75 Å². The number of ether oxygens (including phenoxy) is 1. The molecule has 3 rings (SSSR count). The predicted molar refractivity (Wildman–Crippen MR) is 56.6 cm³/mol. The second kappa shape index (κ2) is 3.15. The van der Waals surface area contributed by atoms with Crippen LogP contribution in [0.3, 0.4) is 0 Å². The summed E-state index contributed by atoms with van der Waals surface area (Å²) >= 11 is 0. The summed E-state index contributed by atoms with van der Waals surface area (Å²) in [7, 11) is 0. The first-order valence-corrected chi connectivity index (χ1v) is 5.11. The van der Waals surface area contributed by atoms with Gasteiger partial charge in [0.2, 0.25) is 0 Å². The van der Waals surface area contributed by atoms with E-state index in [0.717, 1.165) is 23.7 Å². The molecule has 1 aromatic carbocycles. The molecule has 2 aromatic rings. The summed E-state index contributed by atoms with van der Waals surface area (Å²) in [6.07, 6.45) is 2.55. The first-order valence-electron chi connectivity index (χ1n) is 5.11. The molecule has 0 saturated heterocycles. The molecule has 78 valence electrons. The lowest BCUT2D eigenvalue weighted by molar-refractivity contribution is 0.303. The minimum atomic E-state index is 0.399. The summed E-state index contributed by atoms with van der Waals surface area (Å²) in [6, 6.07) is 5.62. The van der Waals surface area contributed by atoms with Crippen molar-refractivity contribution in [2.45, 2.75) is 12.8 Å². The lowest BCUT2D eigenvalue weighted by Crippen LogP contribution is -1.99. The Kier molecular flexibility index (Phi) is 1.80. The first-order chi connectivity index (χ1) is 7.34. The maximum absolute atomic E-state index is 5.71. The molecular weight excluding hydrogens is 192 g/mol. The van der Waals surface area contributed by atoms with Gasteiger partial charge < -0.3 is 15.0 Å². The van der Waals surface area contributed by atoms with Crippen LogP contribution in [0.15, 0.2) is 22.7 Å². The minimum Gasteiger partial charge on any atom is -0.492 e. The van der Waals surface area contributed by atoms with Crippen LogP contribution in [0.1, 0.15) is 12.8 Å². The summed E-state index contributed by atoms with van der Waals surface area (Å²) in [5, 5.41) is 4.51. The van der Waals surface area contributed by atoms with Gasteiger partial charge >= 0.3 is 0 Å². The molecule has 0 atom stereocenters. The van der Waals surface area contributed by atoms with E-state index in [1.54, 1.807) is 0 Å². The molecule has 4 heteroatoms. The van der Waals surface area contributed by atoms with E-state index in [9.17, 15) is 0 Å². The number of rotatable bonds is 3. The highest BCUT2D eigenvalue weighted by atomic mass is 16.5. The molecule has 0 bridgehead atoms. The number of fused-ring (bicyclic) bond motifs is 1. The molecule has 0 radical (unpaired) electrons. The SMILES string of the molecule is Nc1noc2cccc(OCC3CC3)c12. The van der Waals surface area contributed by atoms with Gasteiger partial charge in [-0.3, -0.25) is 0 Å². The zero-order chi connectivity index (χ0) is 10.3. The Morgan fingerprint density at radius 3 is 3.13 bits per heavy atom. The van der Waals surface area contributed by atoms with Crippen molar-refractivity contribution < 1.29 is 9.26 Å². The number of nitrogens with zero attached hydrogens (tertiary/aromatic N) is 1. The van der Waals surface area contributed by atoms with Gasteiger partial charge in [-0.2, -0.15) is 0 Å². The van der Waals surface area contributed by atoms with E-state index in [-0.39, 0.29) is 0 Å². The average molecular weight is 204 g/mol. The number of nitrogen functional groups attached to an aromatic ring is 1. The summed E-state index contributed by atoms with van der Waals surface area (Å²) in [5.41, 5.74) is 6.40. The van der Waals surface area contributed by atoms with Crippen LogP contribution in [-0.4, -0.2) is 11.8 Å². The topological polar surface area (TPSA) is 61.3 Å². The van der Waals surface area contributed by atoms with Crippen LogP contribution in [0, 0.1) is 5.92 Å². The molecule has 4 nitrogen and oxygen atoms in total. The fraction of sp³-hybridized carbons (Fsp3) is 0.364. The lowest BCUT2D eigenvalue weighted by atomic mass is 10.2. The van der Waals surface area contributed by atoms with Crippen LogP contribution in [0.2, 0.25) is 0 Å². The summed E-state index contributed by atoms with van der Waals surface area (Å²) < 4.78 is 10.8. The van der Waals surface area contributed by atoms with Gasteiger partial charge in [-0.05, 0) is 30.9 Å². The highest BCUT2D eigenvalue weighted by Crippen LogP contribution is 2.33. The van der Waals surface area contributed by atoms with Crippen molar-refractivity contribution in [1.29, 1.82) is 0 Å². The molecule has 15 heavy (non-hydrogen) atoms. The number of anilines is 1. The van der Waals surface area contributed by atoms with Crippen LogP contribution >= 0.6 is 0 Å². The third kappa shape index (κ3) is 1.52. The van der Waals surface area contributed by atoms with Crippen LogP contribution in [-0.2, 0) is 0 Å². The molecular formula is C11H12N2O2. The zero-order valence-electron chi connectivity index (χ0n) is 8.27. The highest BCUT2D eigenvalue weighted by molar-refractivity contribution is 5.92. The van der Waals surface area contributed by atoms with E-state index in [1.807, 2.05) is 18.2 Å². The van der Waals surface area contributed by atoms with Gasteiger partial charge in [0.05, 0.1) is 6.61 Å². The Bertz CT molecular complexity index is 488. The third-order valence-corrected chi connectivity index (χ3v) is 2.66. The standard InChI is InChI=1S/C11H12N2O2/c12-11-10-8(14-6-7-4-5-7)2-1-3-9(10)15-13-11/h1-3,7H,4-6H2,(H2,12,13). The van der Waals surface area contributed by atoms with Gasteiger partial charge in [0.15, 0.2) is 11.4 Å². The molecule has 0 aliphatic heterocycles. The van der Waals surface area contributed by atoms with E-state index in [1.165, 1.54) is 12.8 Å². The van der Waals surface area contributed by atoms with Crippen molar-refractivity contribution in [1.82, 2.24) is 5.16 Å². The van der Waals surface area contributed by atoms with Crippen molar-refractivity contribution >= 4 is 16.8 Å². The van der Waals surface area contributed by atoms with Crippen LogP contribution in [0.4, 0.5) is 5.82 Å². The van der Waals surface area contributed by atoms with E-state index >= 15 is 0 Å². The van der Waals surface area contributed by atoms with Gasteiger partial charge in [-0.1, -0.05) is 11.2 Å². The van der Waals surface area contributed by atoms with E-state index in [4.69, 9.17) is 15.0 Å². The molecule has 1 heterocycles. The van der Waals surface area contributed by atoms with Gasteiger partial charge in [0.1, 0.15) is 11.1 Å². The predicted octanol–water partition coefficient (Wildman–Crippen LogP) is 2.20. The van der Waals surface area contributed by atoms with Crippen LogP contribution < -0.4 is 10.5 Å². The molecule has 2 N–H and O–H groups in total. The maximum atomic E-state index is 5.71. The van der Waals surface area contributed by atoms with Crippen molar-refractivity contribution in [3.05, 3.63) is 18.2 Å². The molecule has 0 unspecified atom stereocenters. The van der Waals surface area contributed by atoms with Crippen molar-refractivity contribution in [2.24, 2.45) is 5.92 Å². The quantitative estimate of drug-likeness (QED) is 0.832. The summed E-state index contributed by atoms with van der Waals surface area (Å²) in [4.78, 5) is 0. The van der Waals surface area contributed by atoms with Crippen LogP contribution in [0.25, 0.3) is 11.0 Å². The van der Waals surface area contributed by atoms with Gasteiger partial charge in [-0.25, -0.2) is 0 Å². The Morgan fingerprint density at radius 1 is 1.47 bits per heavy atom. The van der Waals surface area contributed by atoms with E-state index in [2.05, 4.69) is 5.16 Å². The number of hydrogen-bond donors (Lipinski definition) is 1. The Labute approximate surface area is 87.0 Å². The molecule has 1 fully saturated rings. The lowest BCUT2D eigenvalue weighted by Gasteiger charge is -2.05. The normalized spacial score (nSPS) is 15.7. The molecule has 1 aliphatic rings. The summed E-state index contributed by atoms with van der Waals surface area (Å²) in [5.74, 6) is 1.90. The van der Waals surface area contributed by atoms with Crippen LogP contribution in [0.5, 0.6) is 5.75 Å². The fourth-order valence-corrected chi connectivity index (χ4v) is 1.60. The number of nitrogens with two attached hydrogens (primary N) is 1. The van der Waals surface area contributed by atoms with Gasteiger partial charge in [-0.15, -0.1) is 0 Å². The second-order valence-corrected chi connectivity index (χ2v) is 3.95. The highest BCUT2D eigenvalue weighted by Gasteiger charge is 2.22. The Hall–Kier alpha value is -1.71. The van der Waals surface area contributed by atoms with Crippen molar-refractivity contribution in [3.63, 3.8) is 0 Å². The van der Waals surface area contributed by atoms with Gasteiger partial charge in [0.25, 0.3) is 0 Å². The number of hydrogen-bond acceptors (Lipinski definition) is 4. The average Bonchev–Trinajstić information content (AvgIpc) is 3.00. The van der Waals surface area contributed by atoms with E-state index in [0.29, 0.717) is 11.4 Å². The molecule has 0 spiro atoms. The van der Waals surface area contributed by atoms with Crippen molar-refractivity contribution in [2.75, 3.05) is 12.3 Å². The molecule has 1 aliphatic carbocycles. The third-order valence-electron chi connectivity index (χ3n) is 2.66. The fourth-order valence-electron chi connectivity index (χ4n) is 1.60. The van der Waals surface area contributed by atoms with Gasteiger partial charge in [0, 0.05) is 0 Å². The molecule has 1 aromatic heterocycles. The molecule has 1 saturated carbocycles. The smallest absolute Gasteiger partial charge is 0.178 e. The number of benzene rings is 1. The summed E-state index contributed by atoms with van der Waals surface area (Å²) in [6.45, 7) is 0.768. The molecule has 0 amide bonds. The van der Waals surface area contributed by atoms with E-state index < -0.39 is 0 Å². The Balaban J connectivity index is 1.96. The number of aromatic nitrogens is 1. The maximum Gasteiger partial charge on any atom is 0.178 e.